The second-order valence-corrected chi connectivity index (χ2v) is 3.69. The van der Waals surface area contributed by atoms with Crippen molar-refractivity contribution in [2.45, 2.75) is 10.9 Å². The van der Waals surface area contributed by atoms with E-state index < -0.39 is 0 Å². The van der Waals surface area contributed by atoms with E-state index in [9.17, 15) is 0 Å². The third kappa shape index (κ3) is 2.05. The Morgan fingerprint density at radius 3 is 3.00 bits per heavy atom. The average Bonchev–Trinajstić information content (AvgIpc) is 2.69. The minimum atomic E-state index is 0.589. The topological polar surface area (TPSA) is 67.6 Å². The third-order valence-corrected chi connectivity index (χ3v) is 2.72. The highest BCUT2D eigenvalue weighted by atomic mass is 32.2. The number of imidazole rings is 1. The molecule has 0 aromatic carbocycles. The van der Waals surface area contributed by atoms with E-state index in [1.807, 2.05) is 12.1 Å². The molecule has 0 unspecified atom stereocenters. The molecule has 0 aliphatic heterocycles. The Morgan fingerprint density at radius 1 is 1.36 bits per heavy atom. The van der Waals surface area contributed by atoms with Crippen molar-refractivity contribution < 1.29 is 0 Å². The number of aromatic amines is 1. The van der Waals surface area contributed by atoms with E-state index in [1.54, 1.807) is 30.4 Å². The Labute approximate surface area is 86.0 Å². The molecule has 0 aliphatic carbocycles. The number of H-pyrrole nitrogens is 1. The molecule has 0 bridgehead atoms. The summed E-state index contributed by atoms with van der Waals surface area (Å²) in [6, 6.07) is 3.85. The number of nitrogens with one attached hydrogen (secondary N) is 1. The predicted molar refractivity (Wildman–Crippen MR) is 56.8 cm³/mol. The molecule has 14 heavy (non-hydrogen) atoms. The zero-order chi connectivity index (χ0) is 9.80. The summed E-state index contributed by atoms with van der Waals surface area (Å²) in [5.41, 5.74) is 6.74. The SMILES string of the molecule is Nc1ncccc1CSc1ncc[nH]1. The van der Waals surface area contributed by atoms with E-state index in [4.69, 9.17) is 5.73 Å². The number of rotatable bonds is 3. The van der Waals surface area contributed by atoms with E-state index in [1.165, 1.54) is 0 Å². The number of nitrogens with two attached hydrogens (primary N) is 1. The maximum Gasteiger partial charge on any atom is 0.165 e. The number of anilines is 1. The molecule has 0 aliphatic rings. The van der Waals surface area contributed by atoms with Crippen molar-refractivity contribution in [3.8, 4) is 0 Å². The minimum absolute atomic E-state index is 0.589. The van der Waals surface area contributed by atoms with Gasteiger partial charge in [-0.3, -0.25) is 0 Å². The number of aromatic nitrogens is 3. The first-order valence-electron chi connectivity index (χ1n) is 4.18. The molecular weight excluding hydrogens is 196 g/mol. The lowest BCUT2D eigenvalue weighted by atomic mass is 10.3. The molecule has 0 spiro atoms. The molecule has 0 saturated carbocycles. The molecule has 0 fully saturated rings. The van der Waals surface area contributed by atoms with Crippen LogP contribution in [-0.4, -0.2) is 15.0 Å². The summed E-state index contributed by atoms with van der Waals surface area (Å²) in [6.45, 7) is 0. The normalized spacial score (nSPS) is 10.3. The number of nitrogens with zero attached hydrogens (tertiary/aromatic N) is 2. The summed E-state index contributed by atoms with van der Waals surface area (Å²) in [5.74, 6) is 1.37. The van der Waals surface area contributed by atoms with Gasteiger partial charge in [-0.1, -0.05) is 17.8 Å². The fourth-order valence-electron chi connectivity index (χ4n) is 1.05. The maximum absolute atomic E-state index is 5.70. The predicted octanol–water partition coefficient (Wildman–Crippen LogP) is 1.68. The van der Waals surface area contributed by atoms with Gasteiger partial charge in [0.2, 0.25) is 0 Å². The van der Waals surface area contributed by atoms with Crippen LogP contribution in [0.1, 0.15) is 5.56 Å². The van der Waals surface area contributed by atoms with Crippen LogP contribution in [0.5, 0.6) is 0 Å². The van der Waals surface area contributed by atoms with Crippen LogP contribution in [0.25, 0.3) is 0 Å². The van der Waals surface area contributed by atoms with Gasteiger partial charge in [0.1, 0.15) is 5.82 Å². The van der Waals surface area contributed by atoms with Gasteiger partial charge in [0.05, 0.1) is 0 Å². The van der Waals surface area contributed by atoms with E-state index in [-0.39, 0.29) is 0 Å². The van der Waals surface area contributed by atoms with Gasteiger partial charge in [-0.15, -0.1) is 0 Å². The monoisotopic (exact) mass is 206 g/mol. The van der Waals surface area contributed by atoms with Crippen molar-refractivity contribution in [3.63, 3.8) is 0 Å². The van der Waals surface area contributed by atoms with Crippen molar-refractivity contribution in [1.82, 2.24) is 15.0 Å². The summed E-state index contributed by atoms with van der Waals surface area (Å²) in [4.78, 5) is 11.1. The molecule has 2 rings (SSSR count). The van der Waals surface area contributed by atoms with Crippen molar-refractivity contribution in [2.75, 3.05) is 5.73 Å². The Balaban J connectivity index is 2.02. The van der Waals surface area contributed by atoms with Crippen LogP contribution >= 0.6 is 11.8 Å². The van der Waals surface area contributed by atoms with Crippen LogP contribution in [0.2, 0.25) is 0 Å². The molecule has 0 saturated heterocycles. The van der Waals surface area contributed by atoms with Gasteiger partial charge in [0, 0.05) is 29.9 Å². The summed E-state index contributed by atoms with van der Waals surface area (Å²) < 4.78 is 0. The lowest BCUT2D eigenvalue weighted by Crippen LogP contribution is -1.95. The lowest BCUT2D eigenvalue weighted by Gasteiger charge is -2.01. The van der Waals surface area contributed by atoms with Gasteiger partial charge in [0.25, 0.3) is 0 Å². The van der Waals surface area contributed by atoms with E-state index in [0.717, 1.165) is 16.5 Å². The van der Waals surface area contributed by atoms with E-state index >= 15 is 0 Å². The number of thioether (sulfide) groups is 1. The molecule has 5 heteroatoms. The van der Waals surface area contributed by atoms with Gasteiger partial charge < -0.3 is 10.7 Å². The smallest absolute Gasteiger partial charge is 0.165 e. The lowest BCUT2D eigenvalue weighted by molar-refractivity contribution is 1.06. The first kappa shape index (κ1) is 9.08. The van der Waals surface area contributed by atoms with Crippen molar-refractivity contribution in [3.05, 3.63) is 36.3 Å². The number of hydrogen-bond acceptors (Lipinski definition) is 4. The number of hydrogen-bond donors (Lipinski definition) is 2. The zero-order valence-corrected chi connectivity index (χ0v) is 8.29. The molecule has 2 aromatic heterocycles. The molecule has 2 aromatic rings. The molecule has 4 nitrogen and oxygen atoms in total. The molecule has 0 atom stereocenters. The van der Waals surface area contributed by atoms with Crippen molar-refractivity contribution >= 4 is 17.6 Å². The highest BCUT2D eigenvalue weighted by Gasteiger charge is 2.01. The largest absolute Gasteiger partial charge is 0.383 e. The first-order valence-corrected chi connectivity index (χ1v) is 5.16. The fraction of sp³-hybridized carbons (Fsp3) is 0.111. The number of nitrogen functional groups attached to an aromatic ring is 1. The van der Waals surface area contributed by atoms with E-state index in [2.05, 4.69) is 15.0 Å². The highest BCUT2D eigenvalue weighted by molar-refractivity contribution is 7.98. The third-order valence-electron chi connectivity index (χ3n) is 1.76. The second kappa shape index (κ2) is 4.15. The van der Waals surface area contributed by atoms with Crippen LogP contribution in [-0.2, 0) is 5.75 Å². The van der Waals surface area contributed by atoms with Gasteiger partial charge in [0.15, 0.2) is 5.16 Å². The molecule has 2 heterocycles. The second-order valence-electron chi connectivity index (χ2n) is 2.73. The zero-order valence-electron chi connectivity index (χ0n) is 7.47. The minimum Gasteiger partial charge on any atom is -0.383 e. The average molecular weight is 206 g/mol. The van der Waals surface area contributed by atoms with E-state index in [0.29, 0.717) is 5.82 Å². The van der Waals surface area contributed by atoms with Crippen LogP contribution < -0.4 is 5.73 Å². The molecule has 3 N–H and O–H groups in total. The first-order chi connectivity index (χ1) is 6.86. The molecular formula is C9H10N4S. The molecule has 72 valence electrons. The van der Waals surface area contributed by atoms with Gasteiger partial charge in [-0.05, 0) is 6.07 Å². The van der Waals surface area contributed by atoms with Crippen molar-refractivity contribution in [2.24, 2.45) is 0 Å². The van der Waals surface area contributed by atoms with Crippen LogP contribution in [0, 0.1) is 0 Å². The van der Waals surface area contributed by atoms with Crippen LogP contribution in [0.15, 0.2) is 35.9 Å². The maximum atomic E-state index is 5.70. The Hall–Kier alpha value is -1.49. The fourth-order valence-corrected chi connectivity index (χ4v) is 1.87. The summed E-state index contributed by atoms with van der Waals surface area (Å²) >= 11 is 1.61. The number of pyridine rings is 1. The van der Waals surface area contributed by atoms with Gasteiger partial charge in [-0.25, -0.2) is 9.97 Å². The quantitative estimate of drug-likeness (QED) is 0.750. The van der Waals surface area contributed by atoms with Gasteiger partial charge in [-0.2, -0.15) is 0 Å². The Kier molecular flexibility index (Phi) is 2.69. The molecule has 0 amide bonds. The summed E-state index contributed by atoms with van der Waals surface area (Å²) in [7, 11) is 0. The Morgan fingerprint density at radius 2 is 2.29 bits per heavy atom. The highest BCUT2D eigenvalue weighted by Crippen LogP contribution is 2.20. The Bertz CT molecular complexity index is 399. The van der Waals surface area contributed by atoms with Crippen LogP contribution in [0.3, 0.4) is 0 Å². The summed E-state index contributed by atoms with van der Waals surface area (Å²) in [6.07, 6.45) is 5.22. The summed E-state index contributed by atoms with van der Waals surface area (Å²) in [5, 5.41) is 0.897. The van der Waals surface area contributed by atoms with Crippen LogP contribution in [0.4, 0.5) is 5.82 Å². The molecule has 0 radical (unpaired) electrons. The van der Waals surface area contributed by atoms with Crippen molar-refractivity contribution in [1.29, 1.82) is 0 Å². The van der Waals surface area contributed by atoms with Gasteiger partial charge >= 0.3 is 0 Å². The standard InChI is InChI=1S/C9H10N4S/c10-8-7(2-1-3-11-8)6-14-9-12-4-5-13-9/h1-5H,6H2,(H2,10,11)(H,12,13).